The van der Waals surface area contributed by atoms with Gasteiger partial charge in [0.25, 0.3) is 0 Å². The van der Waals surface area contributed by atoms with E-state index in [1.807, 2.05) is 12.3 Å². The number of nitrogens with one attached hydrogen (secondary N) is 1. The number of ether oxygens (including phenoxy) is 2. The lowest BCUT2D eigenvalue weighted by atomic mass is 9.77. The fraction of sp³-hybridized carbons (Fsp3) is 0.412. The molecule has 0 saturated heterocycles. The van der Waals surface area contributed by atoms with Crippen LogP contribution >= 0.6 is 11.9 Å². The van der Waals surface area contributed by atoms with Crippen molar-refractivity contribution in [1.82, 2.24) is 19.9 Å². The van der Waals surface area contributed by atoms with E-state index in [2.05, 4.69) is 79.9 Å². The second-order valence-electron chi connectivity index (χ2n) is 12.6. The van der Waals surface area contributed by atoms with Gasteiger partial charge in [0.2, 0.25) is 17.7 Å². The zero-order chi connectivity index (χ0) is 28.8. The smallest absolute Gasteiger partial charge is 0.237 e. The summed E-state index contributed by atoms with van der Waals surface area (Å²) < 4.78 is 15.9. The Balaban J connectivity index is 1.27. The molecule has 7 nitrogen and oxygen atoms in total. The third-order valence-corrected chi connectivity index (χ3v) is 9.71. The summed E-state index contributed by atoms with van der Waals surface area (Å²) in [6, 6.07) is 17.2. The van der Waals surface area contributed by atoms with Crippen LogP contribution in [0, 0.1) is 25.2 Å². The second kappa shape index (κ2) is 10.9. The molecular formula is C34H37N5O2S. The number of hydrogen-bond donors (Lipinski definition) is 1. The summed E-state index contributed by atoms with van der Waals surface area (Å²) in [5.74, 6) is 2.32. The summed E-state index contributed by atoms with van der Waals surface area (Å²) in [4.78, 5) is 20.5. The molecule has 4 aromatic rings. The van der Waals surface area contributed by atoms with Crippen LogP contribution in [0.1, 0.15) is 67.1 Å². The van der Waals surface area contributed by atoms with Crippen molar-refractivity contribution >= 4 is 17.9 Å². The Labute approximate surface area is 252 Å². The van der Waals surface area contributed by atoms with E-state index in [1.54, 1.807) is 0 Å². The first-order valence-electron chi connectivity index (χ1n) is 14.9. The Bertz CT molecular complexity index is 1620. The van der Waals surface area contributed by atoms with Gasteiger partial charge in [-0.05, 0) is 98.6 Å². The minimum absolute atomic E-state index is 0.125. The minimum atomic E-state index is 0.125. The van der Waals surface area contributed by atoms with Crippen molar-refractivity contribution in [2.75, 3.05) is 11.3 Å². The molecule has 8 heteroatoms. The summed E-state index contributed by atoms with van der Waals surface area (Å²) in [6.07, 6.45) is 7.24. The van der Waals surface area contributed by atoms with Gasteiger partial charge in [-0.2, -0.15) is 4.98 Å². The number of aryl methyl sites for hydroxylation is 2. The molecule has 3 atom stereocenters. The number of nitrogens with zero attached hydrogens (tertiary/aromatic N) is 4. The summed E-state index contributed by atoms with van der Waals surface area (Å²) in [5, 5.41) is 0. The summed E-state index contributed by atoms with van der Waals surface area (Å²) in [6.45, 7) is 9.30. The topological polar surface area (TPSA) is 82.1 Å². The Kier molecular flexibility index (Phi) is 7.05. The van der Waals surface area contributed by atoms with E-state index < -0.39 is 0 Å². The van der Waals surface area contributed by atoms with E-state index in [9.17, 15) is 0 Å². The van der Waals surface area contributed by atoms with Crippen molar-refractivity contribution in [2.24, 2.45) is 11.3 Å². The molecule has 3 aliphatic rings. The van der Waals surface area contributed by atoms with Gasteiger partial charge in [0.15, 0.2) is 0 Å². The van der Waals surface area contributed by atoms with Crippen molar-refractivity contribution in [3.05, 3.63) is 82.8 Å². The molecule has 42 heavy (non-hydrogen) atoms. The van der Waals surface area contributed by atoms with Gasteiger partial charge in [0.1, 0.15) is 11.8 Å². The molecule has 2 aromatic heterocycles. The molecule has 0 amide bonds. The van der Waals surface area contributed by atoms with Crippen LogP contribution in [-0.4, -0.2) is 32.6 Å². The van der Waals surface area contributed by atoms with Crippen molar-refractivity contribution in [3.8, 4) is 23.0 Å². The summed E-state index contributed by atoms with van der Waals surface area (Å²) in [7, 11) is 0. The zero-order valence-electron chi connectivity index (χ0n) is 24.7. The van der Waals surface area contributed by atoms with Crippen molar-refractivity contribution in [2.45, 2.75) is 76.7 Å². The zero-order valence-corrected chi connectivity index (χ0v) is 25.5. The van der Waals surface area contributed by atoms with Gasteiger partial charge >= 0.3 is 0 Å². The maximum atomic E-state index is 6.62. The number of aromatic nitrogens is 4. The van der Waals surface area contributed by atoms with Crippen LogP contribution in [0.4, 0.5) is 5.95 Å². The Morgan fingerprint density at radius 2 is 1.83 bits per heavy atom. The van der Waals surface area contributed by atoms with E-state index in [1.165, 1.54) is 41.5 Å². The van der Waals surface area contributed by atoms with Gasteiger partial charge in [-0.25, -0.2) is 9.97 Å². The normalized spacial score (nSPS) is 22.0. The Morgan fingerprint density at radius 1 is 1.02 bits per heavy atom. The quantitative estimate of drug-likeness (QED) is 0.243. The fourth-order valence-corrected chi connectivity index (χ4v) is 7.08. The number of hydrogen-bond acceptors (Lipinski definition) is 8. The third-order valence-electron chi connectivity index (χ3n) is 8.94. The molecule has 2 aliphatic heterocycles. The number of benzene rings is 2. The van der Waals surface area contributed by atoms with Crippen molar-refractivity contribution in [1.29, 1.82) is 0 Å². The maximum absolute atomic E-state index is 6.62. The first-order valence-corrected chi connectivity index (χ1v) is 15.8. The monoisotopic (exact) mass is 579 g/mol. The van der Waals surface area contributed by atoms with Crippen molar-refractivity contribution in [3.63, 3.8) is 0 Å². The first-order chi connectivity index (χ1) is 20.3. The molecule has 216 valence electrons. The molecular weight excluding hydrogens is 542 g/mol. The molecule has 1 N–H and O–H groups in total. The van der Waals surface area contributed by atoms with Gasteiger partial charge in [0.05, 0.1) is 24.2 Å². The molecule has 1 saturated carbocycles. The standard InChI is InChI=1S/C34H37N5O2S/c1-20-7-5-8-21(2)31(20)28-16-30-38-33(37-28)39-42-26-10-6-9-23(14-26)27(24(19-40-30)17-34(4)11-12-34)15-25-18-35-32-29(36-25)13-22(3)41-32/h5-10,14,16,18,22,24,27H,11-13,15,17,19H2,1-4H3,(H,37,38,39). The van der Waals surface area contributed by atoms with Crippen molar-refractivity contribution < 1.29 is 9.47 Å². The molecule has 0 spiro atoms. The predicted octanol–water partition coefficient (Wildman–Crippen LogP) is 7.52. The van der Waals surface area contributed by atoms with Crippen LogP contribution in [0.2, 0.25) is 0 Å². The van der Waals surface area contributed by atoms with Gasteiger partial charge in [0, 0.05) is 28.9 Å². The summed E-state index contributed by atoms with van der Waals surface area (Å²) >= 11 is 1.54. The molecule has 4 bridgehead atoms. The molecule has 1 fully saturated rings. The highest BCUT2D eigenvalue weighted by molar-refractivity contribution is 8.00. The molecule has 4 heterocycles. The van der Waals surface area contributed by atoms with E-state index >= 15 is 0 Å². The fourth-order valence-electron chi connectivity index (χ4n) is 6.44. The van der Waals surface area contributed by atoms with Crippen LogP contribution in [0.3, 0.4) is 0 Å². The number of fused-ring (bicyclic) bond motifs is 5. The van der Waals surface area contributed by atoms with Gasteiger partial charge in [-0.3, -0.25) is 9.71 Å². The second-order valence-corrected chi connectivity index (χ2v) is 13.5. The number of anilines is 1. The maximum Gasteiger partial charge on any atom is 0.237 e. The molecule has 3 unspecified atom stereocenters. The Morgan fingerprint density at radius 3 is 2.64 bits per heavy atom. The van der Waals surface area contributed by atoms with Crippen LogP contribution in [0.15, 0.2) is 59.6 Å². The van der Waals surface area contributed by atoms with E-state index in [0.29, 0.717) is 29.7 Å². The lowest BCUT2D eigenvalue weighted by Gasteiger charge is -2.30. The van der Waals surface area contributed by atoms with Gasteiger partial charge < -0.3 is 9.47 Å². The van der Waals surface area contributed by atoms with E-state index in [-0.39, 0.29) is 17.9 Å². The van der Waals surface area contributed by atoms with Crippen LogP contribution < -0.4 is 14.2 Å². The molecule has 2 aromatic carbocycles. The average molecular weight is 580 g/mol. The molecule has 1 aliphatic carbocycles. The SMILES string of the molecule is Cc1cccc(C)c1-c1cc2nc(n1)NSc1cccc(c1)C(Cc1cnc3c(n1)CC(C)O3)C(CC1(C)CC1)CO2. The third kappa shape index (κ3) is 5.69. The largest absolute Gasteiger partial charge is 0.477 e. The lowest BCUT2D eigenvalue weighted by molar-refractivity contribution is 0.185. The minimum Gasteiger partial charge on any atom is -0.477 e. The summed E-state index contributed by atoms with van der Waals surface area (Å²) in [5.41, 5.74) is 7.99. The molecule has 7 rings (SSSR count). The molecule has 0 radical (unpaired) electrons. The van der Waals surface area contributed by atoms with E-state index in [4.69, 9.17) is 24.4 Å². The van der Waals surface area contributed by atoms with Crippen LogP contribution in [0.25, 0.3) is 11.3 Å². The van der Waals surface area contributed by atoms with Gasteiger partial charge in [-0.1, -0.05) is 37.3 Å². The lowest BCUT2D eigenvalue weighted by Crippen LogP contribution is -2.26. The number of rotatable bonds is 5. The van der Waals surface area contributed by atoms with Gasteiger partial charge in [-0.15, -0.1) is 0 Å². The highest BCUT2D eigenvalue weighted by Gasteiger charge is 2.42. The van der Waals surface area contributed by atoms with Crippen LogP contribution in [-0.2, 0) is 12.8 Å². The Hall–Kier alpha value is -3.65. The van der Waals surface area contributed by atoms with E-state index in [0.717, 1.165) is 46.8 Å². The first kappa shape index (κ1) is 27.2. The highest BCUT2D eigenvalue weighted by Crippen LogP contribution is 2.52. The predicted molar refractivity (Wildman–Crippen MR) is 166 cm³/mol. The highest BCUT2D eigenvalue weighted by atomic mass is 32.2. The average Bonchev–Trinajstić information content (AvgIpc) is 3.58. The van der Waals surface area contributed by atoms with Crippen LogP contribution in [0.5, 0.6) is 11.8 Å².